The van der Waals surface area contributed by atoms with Crippen molar-refractivity contribution in [2.45, 2.75) is 6.92 Å². The molecule has 1 N–H and O–H groups in total. The van der Waals surface area contributed by atoms with Crippen molar-refractivity contribution in [3.05, 3.63) is 70.7 Å². The Kier molecular flexibility index (Phi) is 6.14. The topological polar surface area (TPSA) is 81.7 Å². The molecule has 0 atom stereocenters. The third-order valence-corrected chi connectivity index (χ3v) is 4.54. The normalized spacial score (nSPS) is 10.4. The van der Waals surface area contributed by atoms with Crippen molar-refractivity contribution in [3.63, 3.8) is 0 Å². The molecule has 3 rings (SSSR count). The van der Waals surface area contributed by atoms with Crippen LogP contribution in [0.2, 0.25) is 5.02 Å². The number of hydrogen-bond acceptors (Lipinski definition) is 5. The highest BCUT2D eigenvalue weighted by molar-refractivity contribution is 6.34. The van der Waals surface area contributed by atoms with Crippen LogP contribution in [-0.4, -0.2) is 31.4 Å². The molecule has 0 radical (unpaired) electrons. The van der Waals surface area contributed by atoms with E-state index in [4.69, 9.17) is 21.1 Å². The average molecular weight is 412 g/mol. The van der Waals surface area contributed by atoms with E-state index < -0.39 is 12.6 Å². The lowest BCUT2D eigenvalue weighted by atomic mass is 10.0. The fourth-order valence-corrected chi connectivity index (χ4v) is 3.03. The third kappa shape index (κ3) is 4.73. The van der Waals surface area contributed by atoms with Crippen LogP contribution in [0.15, 0.2) is 54.6 Å². The summed E-state index contributed by atoms with van der Waals surface area (Å²) in [5, 5.41) is 4.63. The number of halogens is 1. The largest absolute Gasteiger partial charge is 0.496 e. The number of hydrogen-bond donors (Lipinski definition) is 1. The molecule has 0 saturated carbocycles. The van der Waals surface area contributed by atoms with Crippen molar-refractivity contribution in [2.75, 3.05) is 19.0 Å². The van der Waals surface area contributed by atoms with Gasteiger partial charge in [-0.25, -0.2) is 4.79 Å². The number of fused-ring (bicyclic) bond motifs is 1. The Morgan fingerprint density at radius 3 is 2.41 bits per heavy atom. The second kappa shape index (κ2) is 8.75. The summed E-state index contributed by atoms with van der Waals surface area (Å²) in [6.07, 6.45) is 0. The SMILES string of the molecule is COc1cc(NC(C)=O)c(Cl)cc1C(=O)OCC(=O)c1ccc2ccccc2c1. The van der Waals surface area contributed by atoms with Gasteiger partial charge in [-0.05, 0) is 22.9 Å². The van der Waals surface area contributed by atoms with Crippen molar-refractivity contribution in [2.24, 2.45) is 0 Å². The van der Waals surface area contributed by atoms with E-state index in [0.29, 0.717) is 11.3 Å². The molecule has 0 bridgehead atoms. The van der Waals surface area contributed by atoms with Gasteiger partial charge in [-0.2, -0.15) is 0 Å². The van der Waals surface area contributed by atoms with Gasteiger partial charge in [0, 0.05) is 18.6 Å². The summed E-state index contributed by atoms with van der Waals surface area (Å²) >= 11 is 6.12. The molecule has 0 aliphatic carbocycles. The molecular formula is C22H18ClNO5. The third-order valence-electron chi connectivity index (χ3n) is 4.23. The van der Waals surface area contributed by atoms with Gasteiger partial charge >= 0.3 is 5.97 Å². The highest BCUT2D eigenvalue weighted by atomic mass is 35.5. The smallest absolute Gasteiger partial charge is 0.342 e. The molecule has 0 fully saturated rings. The van der Waals surface area contributed by atoms with E-state index in [-0.39, 0.29) is 28.0 Å². The van der Waals surface area contributed by atoms with Crippen molar-refractivity contribution in [1.29, 1.82) is 0 Å². The standard InChI is InChI=1S/C22H18ClNO5/c1-13(25)24-19-11-21(28-2)17(10-18(19)23)22(27)29-12-20(26)16-8-7-14-5-3-4-6-15(14)9-16/h3-11H,12H2,1-2H3,(H,24,25). The van der Waals surface area contributed by atoms with Crippen LogP contribution in [0, 0.1) is 0 Å². The fraction of sp³-hybridized carbons (Fsp3) is 0.136. The van der Waals surface area contributed by atoms with Gasteiger partial charge in [-0.1, -0.05) is 48.0 Å². The Morgan fingerprint density at radius 2 is 1.72 bits per heavy atom. The van der Waals surface area contributed by atoms with E-state index in [1.54, 1.807) is 12.1 Å². The molecule has 0 aromatic heterocycles. The van der Waals surface area contributed by atoms with Crippen LogP contribution in [0.3, 0.4) is 0 Å². The van der Waals surface area contributed by atoms with Gasteiger partial charge in [0.05, 0.1) is 17.8 Å². The minimum atomic E-state index is -0.757. The number of anilines is 1. The van der Waals surface area contributed by atoms with Crippen LogP contribution >= 0.6 is 11.6 Å². The summed E-state index contributed by atoms with van der Waals surface area (Å²) in [5.74, 6) is -1.23. The van der Waals surface area contributed by atoms with Crippen LogP contribution in [0.1, 0.15) is 27.6 Å². The number of methoxy groups -OCH3 is 1. The molecule has 0 heterocycles. The number of ether oxygens (including phenoxy) is 2. The molecule has 3 aromatic carbocycles. The zero-order valence-corrected chi connectivity index (χ0v) is 16.6. The van der Waals surface area contributed by atoms with Crippen molar-refractivity contribution in [1.82, 2.24) is 0 Å². The fourth-order valence-electron chi connectivity index (χ4n) is 2.82. The first-order chi connectivity index (χ1) is 13.9. The summed E-state index contributed by atoms with van der Waals surface area (Å²) in [4.78, 5) is 36.1. The number of carbonyl (C=O) groups excluding carboxylic acids is 3. The van der Waals surface area contributed by atoms with Crippen molar-refractivity contribution >= 4 is 45.7 Å². The molecule has 0 aliphatic rings. The molecule has 0 spiro atoms. The maximum Gasteiger partial charge on any atom is 0.342 e. The molecule has 3 aromatic rings. The molecule has 29 heavy (non-hydrogen) atoms. The van der Waals surface area contributed by atoms with Gasteiger partial charge in [0.15, 0.2) is 12.4 Å². The number of nitrogens with one attached hydrogen (secondary N) is 1. The molecule has 148 valence electrons. The number of esters is 1. The summed E-state index contributed by atoms with van der Waals surface area (Å²) < 4.78 is 10.3. The molecule has 7 heteroatoms. The first-order valence-electron chi connectivity index (χ1n) is 8.73. The maximum atomic E-state index is 12.5. The Labute approximate surface area is 172 Å². The van der Waals surface area contributed by atoms with Gasteiger partial charge in [0.25, 0.3) is 0 Å². The highest BCUT2D eigenvalue weighted by Crippen LogP contribution is 2.31. The van der Waals surface area contributed by atoms with Crippen LogP contribution in [0.4, 0.5) is 5.69 Å². The van der Waals surface area contributed by atoms with E-state index in [1.165, 1.54) is 26.2 Å². The predicted molar refractivity (Wildman–Crippen MR) is 111 cm³/mol. The molecular weight excluding hydrogens is 394 g/mol. The van der Waals surface area contributed by atoms with Crippen molar-refractivity contribution < 1.29 is 23.9 Å². The minimum absolute atomic E-state index is 0.0536. The van der Waals surface area contributed by atoms with E-state index in [9.17, 15) is 14.4 Å². The first kappa shape index (κ1) is 20.4. The predicted octanol–water partition coefficient (Wildman–Crippen LogP) is 4.50. The van der Waals surface area contributed by atoms with Crippen molar-refractivity contribution in [3.8, 4) is 5.75 Å². The Morgan fingerprint density at radius 1 is 1.00 bits per heavy atom. The first-order valence-corrected chi connectivity index (χ1v) is 9.11. The van der Waals surface area contributed by atoms with E-state index in [0.717, 1.165) is 10.8 Å². The number of Topliss-reactive ketones (excluding diaryl/α,β-unsaturated/α-hetero) is 1. The second-order valence-corrected chi connectivity index (χ2v) is 6.68. The molecule has 0 aliphatic heterocycles. The molecule has 6 nitrogen and oxygen atoms in total. The van der Waals surface area contributed by atoms with Crippen LogP contribution in [-0.2, 0) is 9.53 Å². The number of amides is 1. The van der Waals surface area contributed by atoms with Crippen LogP contribution in [0.25, 0.3) is 10.8 Å². The van der Waals surface area contributed by atoms with E-state index in [2.05, 4.69) is 5.32 Å². The van der Waals surface area contributed by atoms with Gasteiger partial charge < -0.3 is 14.8 Å². The minimum Gasteiger partial charge on any atom is -0.496 e. The Bertz CT molecular complexity index is 1110. The van der Waals surface area contributed by atoms with Gasteiger partial charge in [-0.15, -0.1) is 0 Å². The maximum absolute atomic E-state index is 12.5. The Hall–Kier alpha value is -3.38. The lowest BCUT2D eigenvalue weighted by Gasteiger charge is -2.12. The Balaban J connectivity index is 1.74. The molecule has 0 saturated heterocycles. The highest BCUT2D eigenvalue weighted by Gasteiger charge is 2.19. The summed E-state index contributed by atoms with van der Waals surface area (Å²) in [5.41, 5.74) is 0.806. The van der Waals surface area contributed by atoms with Gasteiger partial charge in [0.1, 0.15) is 11.3 Å². The monoisotopic (exact) mass is 411 g/mol. The second-order valence-electron chi connectivity index (χ2n) is 6.27. The zero-order valence-electron chi connectivity index (χ0n) is 15.8. The lowest BCUT2D eigenvalue weighted by molar-refractivity contribution is -0.114. The summed E-state index contributed by atoms with van der Waals surface area (Å²) in [6, 6.07) is 15.7. The lowest BCUT2D eigenvalue weighted by Crippen LogP contribution is -2.15. The summed E-state index contributed by atoms with van der Waals surface area (Å²) in [7, 11) is 1.37. The van der Waals surface area contributed by atoms with E-state index in [1.807, 2.05) is 30.3 Å². The molecule has 0 unspecified atom stereocenters. The van der Waals surface area contributed by atoms with Crippen LogP contribution in [0.5, 0.6) is 5.75 Å². The summed E-state index contributed by atoms with van der Waals surface area (Å²) in [6.45, 7) is 0.911. The van der Waals surface area contributed by atoms with Gasteiger partial charge in [-0.3, -0.25) is 9.59 Å². The van der Waals surface area contributed by atoms with Gasteiger partial charge in [0.2, 0.25) is 5.91 Å². The zero-order chi connectivity index (χ0) is 21.0. The number of rotatable bonds is 6. The average Bonchev–Trinajstić information content (AvgIpc) is 2.72. The van der Waals surface area contributed by atoms with Crippen LogP contribution < -0.4 is 10.1 Å². The quantitative estimate of drug-likeness (QED) is 0.477. The number of ketones is 1. The number of carbonyl (C=O) groups is 3. The number of benzene rings is 3. The molecule has 1 amide bonds. The van der Waals surface area contributed by atoms with E-state index >= 15 is 0 Å².